The van der Waals surface area contributed by atoms with Gasteiger partial charge in [-0.25, -0.2) is 4.68 Å². The predicted octanol–water partition coefficient (Wildman–Crippen LogP) is 2.44. The van der Waals surface area contributed by atoms with Crippen LogP contribution in [0, 0.1) is 6.92 Å². The second-order valence-corrected chi connectivity index (χ2v) is 6.50. The first kappa shape index (κ1) is 19.0. The highest BCUT2D eigenvalue weighted by molar-refractivity contribution is 6.30. The van der Waals surface area contributed by atoms with E-state index in [-0.39, 0.29) is 13.0 Å². The van der Waals surface area contributed by atoms with E-state index < -0.39 is 17.4 Å². The van der Waals surface area contributed by atoms with Gasteiger partial charge in [0.25, 0.3) is 5.91 Å². The Morgan fingerprint density at radius 1 is 1.36 bits per heavy atom. The molecule has 0 saturated heterocycles. The minimum atomic E-state index is -1.02. The van der Waals surface area contributed by atoms with Crippen molar-refractivity contribution < 1.29 is 19.4 Å². The Labute approximate surface area is 150 Å². The van der Waals surface area contributed by atoms with Gasteiger partial charge in [-0.3, -0.25) is 9.59 Å². The van der Waals surface area contributed by atoms with Gasteiger partial charge in [-0.05, 0) is 38.1 Å². The number of methoxy groups -OCH3 is 1. The van der Waals surface area contributed by atoms with Gasteiger partial charge in [0.1, 0.15) is 0 Å². The number of aromatic nitrogens is 2. The van der Waals surface area contributed by atoms with Gasteiger partial charge < -0.3 is 15.2 Å². The van der Waals surface area contributed by atoms with E-state index in [9.17, 15) is 9.59 Å². The molecule has 2 aromatic rings. The number of carboxylic acid groups (broad SMARTS) is 1. The van der Waals surface area contributed by atoms with E-state index in [1.165, 1.54) is 7.11 Å². The van der Waals surface area contributed by atoms with E-state index in [0.717, 1.165) is 5.69 Å². The van der Waals surface area contributed by atoms with E-state index in [0.29, 0.717) is 16.3 Å². The second kappa shape index (κ2) is 7.67. The molecule has 2 rings (SSSR count). The molecule has 0 radical (unpaired) electrons. The minimum Gasteiger partial charge on any atom is -0.481 e. The first-order valence-electron chi connectivity index (χ1n) is 7.59. The van der Waals surface area contributed by atoms with E-state index in [1.54, 1.807) is 49.0 Å². The van der Waals surface area contributed by atoms with Gasteiger partial charge in [-0.15, -0.1) is 0 Å². The maximum absolute atomic E-state index is 12.6. The third-order valence-electron chi connectivity index (χ3n) is 3.65. The van der Waals surface area contributed by atoms with Crippen LogP contribution in [-0.4, -0.2) is 46.0 Å². The number of halogens is 1. The monoisotopic (exact) mass is 365 g/mol. The number of benzene rings is 1. The van der Waals surface area contributed by atoms with Crippen LogP contribution in [0.1, 0.15) is 29.4 Å². The lowest BCUT2D eigenvalue weighted by Crippen LogP contribution is -2.50. The number of aliphatic carboxylic acids is 1. The summed E-state index contributed by atoms with van der Waals surface area (Å²) < 4.78 is 6.62. The molecule has 0 saturated carbocycles. The van der Waals surface area contributed by atoms with E-state index in [4.69, 9.17) is 21.4 Å². The second-order valence-electron chi connectivity index (χ2n) is 6.07. The molecule has 1 atom stereocenters. The molecule has 1 amide bonds. The van der Waals surface area contributed by atoms with Crippen molar-refractivity contribution in [3.8, 4) is 5.69 Å². The molecule has 1 aromatic carbocycles. The number of amides is 1. The molecule has 1 unspecified atom stereocenters. The van der Waals surface area contributed by atoms with Gasteiger partial charge in [-0.1, -0.05) is 11.6 Å². The van der Waals surface area contributed by atoms with Crippen LogP contribution in [0.3, 0.4) is 0 Å². The van der Waals surface area contributed by atoms with E-state index in [1.807, 2.05) is 0 Å². The SMILES string of the molecule is COCC(C)(CC(=O)O)NC(=O)c1cn(-c2ccc(Cl)cc2)nc1C. The van der Waals surface area contributed by atoms with Gasteiger partial charge >= 0.3 is 5.97 Å². The number of carbonyl (C=O) groups excluding carboxylic acids is 1. The molecular weight excluding hydrogens is 346 g/mol. The lowest BCUT2D eigenvalue weighted by molar-refractivity contribution is -0.139. The molecular formula is C17H20ClN3O4. The van der Waals surface area contributed by atoms with Crippen molar-refractivity contribution in [2.24, 2.45) is 0 Å². The number of ether oxygens (including phenoxy) is 1. The summed E-state index contributed by atoms with van der Waals surface area (Å²) in [4.78, 5) is 23.7. The maximum atomic E-state index is 12.6. The molecule has 8 heteroatoms. The number of carbonyl (C=O) groups is 2. The Hall–Kier alpha value is -2.38. The van der Waals surface area contributed by atoms with Crippen LogP contribution in [0.2, 0.25) is 5.02 Å². The topological polar surface area (TPSA) is 93.5 Å². The highest BCUT2D eigenvalue weighted by Gasteiger charge is 2.31. The number of carboxylic acids is 1. The van der Waals surface area contributed by atoms with Crippen molar-refractivity contribution in [3.63, 3.8) is 0 Å². The fourth-order valence-electron chi connectivity index (χ4n) is 2.53. The molecule has 7 nitrogen and oxygen atoms in total. The van der Waals surface area contributed by atoms with E-state index >= 15 is 0 Å². The Bertz CT molecular complexity index is 773. The summed E-state index contributed by atoms with van der Waals surface area (Å²) in [5, 5.41) is 16.7. The normalized spacial score (nSPS) is 13.3. The molecule has 0 spiro atoms. The highest BCUT2D eigenvalue weighted by Crippen LogP contribution is 2.17. The molecule has 0 fully saturated rings. The van der Waals surface area contributed by atoms with Crippen LogP contribution >= 0.6 is 11.6 Å². The van der Waals surface area contributed by atoms with Crippen molar-refractivity contribution in [2.75, 3.05) is 13.7 Å². The maximum Gasteiger partial charge on any atom is 0.305 e. The van der Waals surface area contributed by atoms with Crippen molar-refractivity contribution in [1.29, 1.82) is 0 Å². The van der Waals surface area contributed by atoms with Gasteiger partial charge in [0, 0.05) is 18.3 Å². The average molecular weight is 366 g/mol. The lowest BCUT2D eigenvalue weighted by Gasteiger charge is -2.28. The summed E-state index contributed by atoms with van der Waals surface area (Å²) in [7, 11) is 1.45. The average Bonchev–Trinajstić information content (AvgIpc) is 2.89. The first-order chi connectivity index (χ1) is 11.7. The molecule has 2 N–H and O–H groups in total. The van der Waals surface area contributed by atoms with Gasteiger partial charge in [0.2, 0.25) is 0 Å². The molecule has 25 heavy (non-hydrogen) atoms. The third-order valence-corrected chi connectivity index (χ3v) is 3.91. The zero-order valence-corrected chi connectivity index (χ0v) is 15.0. The fraction of sp³-hybridized carbons (Fsp3) is 0.353. The van der Waals surface area contributed by atoms with Gasteiger partial charge in [0.15, 0.2) is 0 Å². The van der Waals surface area contributed by atoms with Gasteiger partial charge in [-0.2, -0.15) is 5.10 Å². The zero-order chi connectivity index (χ0) is 18.6. The molecule has 0 aliphatic carbocycles. The Kier molecular flexibility index (Phi) is 5.81. The Balaban J connectivity index is 2.24. The van der Waals surface area contributed by atoms with Crippen LogP contribution in [-0.2, 0) is 9.53 Å². The minimum absolute atomic E-state index is 0.0788. The van der Waals surface area contributed by atoms with Crippen molar-refractivity contribution in [2.45, 2.75) is 25.8 Å². The zero-order valence-electron chi connectivity index (χ0n) is 14.2. The first-order valence-corrected chi connectivity index (χ1v) is 7.97. The summed E-state index contributed by atoms with van der Waals surface area (Å²) in [5.41, 5.74) is 0.633. The number of hydrogen-bond acceptors (Lipinski definition) is 4. The summed E-state index contributed by atoms with van der Waals surface area (Å²) in [6, 6.07) is 7.04. The lowest BCUT2D eigenvalue weighted by atomic mass is 9.98. The summed E-state index contributed by atoms with van der Waals surface area (Å²) in [6.45, 7) is 3.42. The van der Waals surface area contributed by atoms with Crippen LogP contribution < -0.4 is 5.32 Å². The number of aryl methyl sites for hydroxylation is 1. The van der Waals surface area contributed by atoms with Crippen LogP contribution in [0.25, 0.3) is 5.69 Å². The van der Waals surface area contributed by atoms with Crippen LogP contribution in [0.15, 0.2) is 30.5 Å². The van der Waals surface area contributed by atoms with Gasteiger partial charge in [0.05, 0.1) is 35.5 Å². The number of hydrogen-bond donors (Lipinski definition) is 2. The van der Waals surface area contributed by atoms with Crippen molar-refractivity contribution in [1.82, 2.24) is 15.1 Å². The quantitative estimate of drug-likeness (QED) is 0.786. The third kappa shape index (κ3) is 4.80. The Morgan fingerprint density at radius 3 is 2.56 bits per heavy atom. The van der Waals surface area contributed by atoms with Crippen LogP contribution in [0.5, 0.6) is 0 Å². The summed E-state index contributed by atoms with van der Waals surface area (Å²) >= 11 is 5.88. The largest absolute Gasteiger partial charge is 0.481 e. The number of rotatable bonds is 7. The molecule has 1 aromatic heterocycles. The molecule has 134 valence electrons. The summed E-state index contributed by atoms with van der Waals surface area (Å²) in [6.07, 6.45) is 1.35. The Morgan fingerprint density at radius 2 is 2.00 bits per heavy atom. The molecule has 0 bridgehead atoms. The van der Waals surface area contributed by atoms with Crippen molar-refractivity contribution >= 4 is 23.5 Å². The molecule has 0 aliphatic rings. The molecule has 0 aliphatic heterocycles. The fourth-order valence-corrected chi connectivity index (χ4v) is 2.66. The van der Waals surface area contributed by atoms with E-state index in [2.05, 4.69) is 10.4 Å². The predicted molar refractivity (Wildman–Crippen MR) is 93.3 cm³/mol. The number of nitrogens with one attached hydrogen (secondary N) is 1. The van der Waals surface area contributed by atoms with Crippen LogP contribution in [0.4, 0.5) is 0 Å². The summed E-state index contributed by atoms with van der Waals surface area (Å²) in [5.74, 6) is -1.42. The smallest absolute Gasteiger partial charge is 0.305 e. The molecule has 1 heterocycles. The standard InChI is InChI=1S/C17H20ClN3O4/c1-11-14(9-21(20-11)13-6-4-12(18)5-7-13)16(24)19-17(2,10-25-3)8-15(22)23/h4-7,9H,8,10H2,1-3H3,(H,19,24)(H,22,23). The highest BCUT2D eigenvalue weighted by atomic mass is 35.5. The number of nitrogens with zero attached hydrogens (tertiary/aromatic N) is 2. The van der Waals surface area contributed by atoms with Crippen molar-refractivity contribution in [3.05, 3.63) is 46.7 Å².